The van der Waals surface area contributed by atoms with Crippen molar-refractivity contribution in [2.75, 3.05) is 0 Å². The van der Waals surface area contributed by atoms with E-state index in [1.54, 1.807) is 6.92 Å². The molecule has 0 atom stereocenters. The van der Waals surface area contributed by atoms with Gasteiger partial charge in [0.05, 0.1) is 5.57 Å². The number of carboxylic acids is 1. The topological polar surface area (TPSA) is 37.3 Å². The molecule has 1 N–H and O–H groups in total. The second-order valence-electron chi connectivity index (χ2n) is 5.59. The molecule has 0 saturated heterocycles. The smallest absolute Gasteiger partial charge is 0.339 e. The summed E-state index contributed by atoms with van der Waals surface area (Å²) in [6.45, 7) is 3.79. The lowest BCUT2D eigenvalue weighted by molar-refractivity contribution is -0.132. The molecule has 0 unspecified atom stereocenters. The van der Waals surface area contributed by atoms with E-state index in [0.29, 0.717) is 0 Å². The molecule has 0 aliphatic rings. The zero-order valence-electron chi connectivity index (χ0n) is 14.8. The Morgan fingerprint density at radius 2 is 1.43 bits per heavy atom. The Kier molecular flexibility index (Phi) is 15.3. The van der Waals surface area contributed by atoms with Crippen LogP contribution in [-0.2, 0) is 4.79 Å². The predicted molar refractivity (Wildman–Crippen MR) is 99.6 cm³/mol. The van der Waals surface area contributed by atoms with Crippen molar-refractivity contribution in [1.82, 2.24) is 0 Å². The zero-order chi connectivity index (χ0) is 17.2. The van der Waals surface area contributed by atoms with E-state index < -0.39 is 5.97 Å². The quantitative estimate of drug-likeness (QED) is 0.185. The molecule has 0 saturated carbocycles. The molecule has 0 aromatic rings. The monoisotopic (exact) mass is 316 g/mol. The first kappa shape index (κ1) is 21.2. The van der Waals surface area contributed by atoms with Gasteiger partial charge in [-0.3, -0.25) is 0 Å². The van der Waals surface area contributed by atoms with Crippen LogP contribution in [0.15, 0.2) is 53.8 Å². The molecule has 23 heavy (non-hydrogen) atoms. The third kappa shape index (κ3) is 16.4. The lowest BCUT2D eigenvalue weighted by Gasteiger charge is -1.91. The molecular weight excluding hydrogens is 284 g/mol. The highest BCUT2D eigenvalue weighted by Crippen LogP contribution is 2.02. The van der Waals surface area contributed by atoms with Crippen LogP contribution in [0, 0.1) is 0 Å². The maximum absolute atomic E-state index is 10.5. The van der Waals surface area contributed by atoms with E-state index in [-0.39, 0.29) is 5.57 Å². The summed E-state index contributed by atoms with van der Waals surface area (Å²) in [6, 6.07) is 0. The average Bonchev–Trinajstić information content (AvgIpc) is 2.54. The molecule has 0 bridgehead atoms. The van der Waals surface area contributed by atoms with Crippen LogP contribution in [0.1, 0.15) is 71.6 Å². The summed E-state index contributed by atoms with van der Waals surface area (Å²) < 4.78 is 0. The number of carbonyl (C=O) groups is 1. The summed E-state index contributed by atoms with van der Waals surface area (Å²) in [5.41, 5.74) is 3.05. The first-order valence-corrected chi connectivity index (χ1v) is 8.78. The van der Waals surface area contributed by atoms with Gasteiger partial charge >= 0.3 is 5.97 Å². The number of rotatable bonds is 13. The highest BCUT2D eigenvalue weighted by atomic mass is 16.4. The van der Waals surface area contributed by atoms with Gasteiger partial charge in [0.2, 0.25) is 0 Å². The summed E-state index contributed by atoms with van der Waals surface area (Å²) in [5.74, 6) is -0.899. The summed E-state index contributed by atoms with van der Waals surface area (Å²) in [7, 11) is 0. The Bertz CT molecular complexity index is 446. The Hall–Kier alpha value is -1.79. The van der Waals surface area contributed by atoms with E-state index in [4.69, 9.17) is 5.11 Å². The maximum Gasteiger partial charge on any atom is 0.339 e. The minimum atomic E-state index is -0.899. The Balaban J connectivity index is 3.56. The highest BCUT2D eigenvalue weighted by molar-refractivity contribution is 5.85. The molecule has 2 nitrogen and oxygen atoms in total. The van der Waals surface area contributed by atoms with Crippen LogP contribution < -0.4 is 0 Å². The van der Waals surface area contributed by atoms with E-state index >= 15 is 0 Å². The predicted octanol–water partition coefficient (Wildman–Crippen LogP) is 6.37. The van der Waals surface area contributed by atoms with Crippen molar-refractivity contribution in [2.45, 2.75) is 71.6 Å². The van der Waals surface area contributed by atoms with Crippen LogP contribution in [-0.4, -0.2) is 11.1 Å². The summed E-state index contributed by atoms with van der Waals surface area (Å²) >= 11 is 0. The van der Waals surface area contributed by atoms with Crippen LogP contribution >= 0.6 is 0 Å². The first-order chi connectivity index (χ1) is 11.2. The van der Waals surface area contributed by atoms with E-state index in [1.165, 1.54) is 25.7 Å². The van der Waals surface area contributed by atoms with Crippen molar-refractivity contribution >= 4 is 5.97 Å². The van der Waals surface area contributed by atoms with Crippen molar-refractivity contribution in [3.05, 3.63) is 53.8 Å². The van der Waals surface area contributed by atoms with E-state index in [0.717, 1.165) is 32.1 Å². The normalized spacial score (nSPS) is 11.4. The van der Waals surface area contributed by atoms with E-state index in [9.17, 15) is 4.79 Å². The van der Waals surface area contributed by atoms with Crippen molar-refractivity contribution in [1.29, 1.82) is 0 Å². The van der Waals surface area contributed by atoms with Gasteiger partial charge in [-0.1, -0.05) is 56.2 Å². The molecule has 0 aliphatic carbocycles. The molecule has 0 aromatic heterocycles. The standard InChI is InChI=1S/C21H32O2/c1-3-4-5-6-7-8-9-10-11-12-13-14-15-16-17-18-19-20(2)21(22)23/h7-8,10-11,13-14,18H,3-6,9,12,15-17H2,1-2H3,(H,22,23)/b8-7-,11-10-,14-13-. The zero-order valence-corrected chi connectivity index (χ0v) is 14.8. The summed E-state index contributed by atoms with van der Waals surface area (Å²) in [5, 5.41) is 8.67. The number of unbranched alkanes of at least 4 members (excludes halogenated alkanes) is 5. The third-order valence-electron chi connectivity index (χ3n) is 3.38. The molecule has 0 heterocycles. The van der Waals surface area contributed by atoms with Crippen LogP contribution in [0.25, 0.3) is 0 Å². The van der Waals surface area contributed by atoms with Crippen molar-refractivity contribution in [3.8, 4) is 0 Å². The molecule has 2 heteroatoms. The maximum atomic E-state index is 10.5. The molecular formula is C21H32O2. The van der Waals surface area contributed by atoms with Gasteiger partial charge in [0.15, 0.2) is 0 Å². The Morgan fingerprint density at radius 1 is 0.870 bits per heavy atom. The number of hydrogen-bond donors (Lipinski definition) is 1. The SMILES string of the molecule is CCCCC/C=C\C/C=C\C/C=C\CCCC=C=C(C)C(=O)O. The summed E-state index contributed by atoms with van der Waals surface area (Å²) in [4.78, 5) is 10.5. The van der Waals surface area contributed by atoms with Crippen LogP contribution in [0.4, 0.5) is 0 Å². The van der Waals surface area contributed by atoms with Gasteiger partial charge in [-0.25, -0.2) is 4.79 Å². The molecule has 0 aliphatic heterocycles. The minimum Gasteiger partial charge on any atom is -0.477 e. The minimum absolute atomic E-state index is 0.269. The molecule has 0 spiro atoms. The Morgan fingerprint density at radius 3 is 2.00 bits per heavy atom. The summed E-state index contributed by atoms with van der Waals surface area (Å²) in [6.07, 6.45) is 25.2. The van der Waals surface area contributed by atoms with Gasteiger partial charge in [-0.15, -0.1) is 5.73 Å². The Labute approximate surface area is 142 Å². The molecule has 0 rings (SSSR count). The van der Waals surface area contributed by atoms with Crippen LogP contribution in [0.5, 0.6) is 0 Å². The number of allylic oxidation sites excluding steroid dienone is 6. The lowest BCUT2D eigenvalue weighted by atomic mass is 10.2. The van der Waals surface area contributed by atoms with Gasteiger partial charge in [0.25, 0.3) is 0 Å². The van der Waals surface area contributed by atoms with Gasteiger partial charge in [0, 0.05) is 0 Å². The molecule has 0 fully saturated rings. The van der Waals surface area contributed by atoms with Gasteiger partial charge in [-0.2, -0.15) is 0 Å². The largest absolute Gasteiger partial charge is 0.477 e. The van der Waals surface area contributed by atoms with Crippen molar-refractivity contribution in [3.63, 3.8) is 0 Å². The fourth-order valence-electron chi connectivity index (χ4n) is 1.91. The molecule has 128 valence electrons. The molecule has 0 amide bonds. The fourth-order valence-corrected chi connectivity index (χ4v) is 1.91. The highest BCUT2D eigenvalue weighted by Gasteiger charge is 1.94. The van der Waals surface area contributed by atoms with Crippen molar-refractivity contribution < 1.29 is 9.90 Å². The third-order valence-corrected chi connectivity index (χ3v) is 3.38. The van der Waals surface area contributed by atoms with Crippen LogP contribution in [0.2, 0.25) is 0 Å². The van der Waals surface area contributed by atoms with E-state index in [2.05, 4.69) is 49.1 Å². The van der Waals surface area contributed by atoms with Gasteiger partial charge in [0.1, 0.15) is 0 Å². The number of aliphatic carboxylic acids is 1. The second kappa shape index (κ2) is 16.6. The average molecular weight is 316 g/mol. The first-order valence-electron chi connectivity index (χ1n) is 8.78. The van der Waals surface area contributed by atoms with Gasteiger partial charge < -0.3 is 5.11 Å². The van der Waals surface area contributed by atoms with Gasteiger partial charge in [-0.05, 0) is 57.9 Å². The van der Waals surface area contributed by atoms with Crippen molar-refractivity contribution in [2.24, 2.45) is 0 Å². The fraction of sp³-hybridized carbons (Fsp3) is 0.524. The number of hydrogen-bond acceptors (Lipinski definition) is 1. The molecule has 0 aromatic carbocycles. The molecule has 0 radical (unpaired) electrons. The second-order valence-corrected chi connectivity index (χ2v) is 5.59. The number of carboxylic acid groups (broad SMARTS) is 1. The van der Waals surface area contributed by atoms with Crippen LogP contribution in [0.3, 0.4) is 0 Å². The van der Waals surface area contributed by atoms with E-state index in [1.807, 2.05) is 6.08 Å². The lowest BCUT2D eigenvalue weighted by Crippen LogP contribution is -1.93.